The first kappa shape index (κ1) is 69.9. The van der Waals surface area contributed by atoms with Crippen LogP contribution < -0.4 is 25.8 Å². The number of rotatable bonds is 29. The average Bonchev–Trinajstić information content (AvgIpc) is 1.56. The predicted octanol–water partition coefficient (Wildman–Crippen LogP) is 10.5. The molecule has 0 aromatic heterocycles. The number of hydrogen-bond donors (Lipinski definition) is 3. The number of piperidine rings is 1. The third-order valence-electron chi connectivity index (χ3n) is 22.6. The molecule has 0 bridgehead atoms. The molecule has 0 aliphatic carbocycles. The third-order valence-corrected chi connectivity index (χ3v) is 22.6. The van der Waals surface area contributed by atoms with Gasteiger partial charge in [-0.2, -0.15) is 0 Å². The first-order valence-corrected chi connectivity index (χ1v) is 35.3. The molecule has 2 amide bonds. The van der Waals surface area contributed by atoms with Crippen LogP contribution in [0.25, 0.3) is 0 Å². The topological polar surface area (TPSA) is 111 Å². The molecule has 0 spiro atoms. The van der Waals surface area contributed by atoms with Crippen LogP contribution in [0.4, 0.5) is 15.8 Å². The van der Waals surface area contributed by atoms with Crippen LogP contribution in [0.2, 0.25) is 0 Å². The zero-order valence-corrected chi connectivity index (χ0v) is 57.8. The van der Waals surface area contributed by atoms with E-state index in [-0.39, 0.29) is 76.3 Å². The van der Waals surface area contributed by atoms with E-state index in [4.69, 9.17) is 16.1 Å². The molecule has 15 heteroatoms. The number of aryl methyl sites for hydroxylation is 3. The molecule has 500 valence electrons. The molecule has 3 aromatic rings. The SMILES string of the molecule is C=C(CC(=O)N1CC(C)(C)C2NCC(CCC)(N(C)c3ccc(F)cc3)CC21)[C@H](CN[C@H](C)CC)CN1CCO[C@H](CCc2cccc(CC[C@@H]3CN(C[C@H]4CNCCN4CC(=O)N4CC(C)(C)C(C)C4CC(CCC)N(C)c4ccc(C)cc4)CCO3)c2)C1. The minimum atomic E-state index is -0.231. The van der Waals surface area contributed by atoms with Crippen molar-refractivity contribution in [2.45, 2.75) is 200 Å². The summed E-state index contributed by atoms with van der Waals surface area (Å²) in [7, 11) is 4.38. The van der Waals surface area contributed by atoms with Gasteiger partial charge in [0.05, 0.1) is 37.5 Å². The summed E-state index contributed by atoms with van der Waals surface area (Å²) in [5.74, 6) is 0.756. The van der Waals surface area contributed by atoms with Gasteiger partial charge < -0.3 is 45.0 Å². The van der Waals surface area contributed by atoms with Crippen molar-refractivity contribution in [3.05, 3.63) is 107 Å². The molecule has 14 nitrogen and oxygen atoms in total. The van der Waals surface area contributed by atoms with Crippen LogP contribution in [-0.4, -0.2) is 209 Å². The number of carbonyl (C=O) groups is 2. The fraction of sp³-hybridized carbons (Fsp3) is 0.707. The van der Waals surface area contributed by atoms with Gasteiger partial charge in [0.1, 0.15) is 5.82 Å². The molecule has 6 saturated heterocycles. The molecule has 3 aromatic carbocycles. The number of anilines is 2. The van der Waals surface area contributed by atoms with Gasteiger partial charge in [-0.15, -0.1) is 0 Å². The zero-order valence-electron chi connectivity index (χ0n) is 57.8. The fourth-order valence-electron chi connectivity index (χ4n) is 16.4. The Morgan fingerprint density at radius 2 is 1.49 bits per heavy atom. The summed E-state index contributed by atoms with van der Waals surface area (Å²) >= 11 is 0. The van der Waals surface area contributed by atoms with Crippen molar-refractivity contribution in [3.8, 4) is 0 Å². The minimum absolute atomic E-state index is 0.0463. The van der Waals surface area contributed by atoms with E-state index < -0.39 is 0 Å². The smallest absolute Gasteiger partial charge is 0.237 e. The van der Waals surface area contributed by atoms with Crippen LogP contribution in [0.3, 0.4) is 0 Å². The maximum Gasteiger partial charge on any atom is 0.237 e. The van der Waals surface area contributed by atoms with Crippen LogP contribution in [0.15, 0.2) is 84.9 Å². The Hall–Kier alpha value is -4.45. The highest BCUT2D eigenvalue weighted by atomic mass is 19.1. The van der Waals surface area contributed by atoms with Crippen LogP contribution >= 0.6 is 0 Å². The summed E-state index contributed by atoms with van der Waals surface area (Å²) in [6.07, 6.45) is 11.6. The van der Waals surface area contributed by atoms with Gasteiger partial charge in [-0.3, -0.25) is 24.3 Å². The molecule has 6 unspecified atom stereocenters. The fourth-order valence-corrected chi connectivity index (χ4v) is 16.4. The number of nitrogens with one attached hydrogen (secondary N) is 3. The van der Waals surface area contributed by atoms with Crippen LogP contribution in [0.1, 0.15) is 143 Å². The predicted molar refractivity (Wildman–Crippen MR) is 368 cm³/mol. The quantitative estimate of drug-likeness (QED) is 0.0576. The maximum atomic E-state index is 14.8. The second-order valence-corrected chi connectivity index (χ2v) is 30.1. The van der Waals surface area contributed by atoms with Gasteiger partial charge in [-0.05, 0) is 136 Å². The molecule has 0 radical (unpaired) electrons. The van der Waals surface area contributed by atoms with Crippen molar-refractivity contribution in [1.29, 1.82) is 0 Å². The van der Waals surface area contributed by atoms with Crippen molar-refractivity contribution < 1.29 is 23.5 Å². The van der Waals surface area contributed by atoms with Crippen molar-refractivity contribution >= 4 is 23.2 Å². The maximum absolute atomic E-state index is 14.8. The monoisotopic (exact) mass is 1240 g/mol. The zero-order chi connectivity index (χ0) is 64.3. The molecule has 90 heavy (non-hydrogen) atoms. The molecular weight excluding hydrogens is 1120 g/mol. The second-order valence-electron chi connectivity index (χ2n) is 30.1. The third kappa shape index (κ3) is 17.7. The lowest BCUT2D eigenvalue weighted by molar-refractivity contribution is -0.135. The van der Waals surface area contributed by atoms with Gasteiger partial charge in [0, 0.05) is 159 Å². The number of piperazine rings is 1. The van der Waals surface area contributed by atoms with E-state index in [2.05, 4.69) is 182 Å². The number of carbonyl (C=O) groups excluding carboxylic acids is 2. The van der Waals surface area contributed by atoms with Gasteiger partial charge >= 0.3 is 0 Å². The highest BCUT2D eigenvalue weighted by Crippen LogP contribution is 2.46. The minimum Gasteiger partial charge on any atom is -0.376 e. The summed E-state index contributed by atoms with van der Waals surface area (Å²) in [4.78, 5) is 46.4. The van der Waals surface area contributed by atoms with Crippen molar-refractivity contribution in [3.63, 3.8) is 0 Å². The normalized spacial score (nSPS) is 27.5. The van der Waals surface area contributed by atoms with E-state index in [1.54, 1.807) is 12.1 Å². The Kier molecular flexibility index (Phi) is 24.6. The van der Waals surface area contributed by atoms with Crippen LogP contribution in [-0.2, 0) is 31.9 Å². The number of hydrogen-bond acceptors (Lipinski definition) is 12. The number of likely N-dealkylation sites (tertiary alicyclic amines) is 2. The standard InChI is InChI=1S/C75H119FN10O4/c1-14-18-64(80(12)62-27-21-54(4)22-28-62)42-68-57(7)73(8,9)52-85(68)71(88)50-84-35-34-77-45-65(84)47-83-37-39-90-67(49-83)32-24-59-20-17-19-58(41-59)23-31-66-48-82(36-38-89-66)46-60(44-78-56(6)16-3)55(5)40-70(87)86-53-74(10,11)72-69(86)43-75(33-15-2,51-79-72)81(13)63-29-25-61(76)26-30-63/h17,19-22,25-30,41,56-57,60,64-69,72,77-79H,5,14-16,18,23-24,31-40,42-53H2,1-4,6-13H3/t56-,57?,60-,64?,65-,66-,67-,68?,69?,72?,75?/m1/s1. The van der Waals surface area contributed by atoms with E-state index in [0.717, 1.165) is 167 Å². The average molecular weight is 1240 g/mol. The van der Waals surface area contributed by atoms with E-state index in [9.17, 15) is 14.0 Å². The summed E-state index contributed by atoms with van der Waals surface area (Å²) in [6.45, 7) is 40.6. The van der Waals surface area contributed by atoms with Gasteiger partial charge in [0.15, 0.2) is 0 Å². The Bertz CT molecular complexity index is 2760. The molecule has 11 atom stereocenters. The van der Waals surface area contributed by atoms with E-state index >= 15 is 0 Å². The van der Waals surface area contributed by atoms with Crippen molar-refractivity contribution in [1.82, 2.24) is 40.4 Å². The molecule has 6 aliphatic heterocycles. The first-order valence-electron chi connectivity index (χ1n) is 35.3. The number of benzene rings is 3. The highest BCUT2D eigenvalue weighted by Gasteiger charge is 2.55. The Morgan fingerprint density at radius 3 is 2.16 bits per heavy atom. The van der Waals surface area contributed by atoms with E-state index in [1.807, 2.05) is 12.1 Å². The van der Waals surface area contributed by atoms with Gasteiger partial charge in [0.2, 0.25) is 11.8 Å². The lowest BCUT2D eigenvalue weighted by atomic mass is 9.74. The summed E-state index contributed by atoms with van der Waals surface area (Å²) in [6, 6.07) is 26.4. The number of amides is 2. The van der Waals surface area contributed by atoms with Gasteiger partial charge in [-0.1, -0.05) is 122 Å². The number of morpholine rings is 2. The summed E-state index contributed by atoms with van der Waals surface area (Å²) < 4.78 is 27.0. The van der Waals surface area contributed by atoms with E-state index in [1.165, 1.54) is 22.4 Å². The summed E-state index contributed by atoms with van der Waals surface area (Å²) in [5.41, 5.74) is 7.00. The number of fused-ring (bicyclic) bond motifs is 1. The number of halogens is 1. The Labute approximate surface area is 543 Å². The van der Waals surface area contributed by atoms with Gasteiger partial charge in [-0.25, -0.2) is 4.39 Å². The summed E-state index contributed by atoms with van der Waals surface area (Å²) in [5, 5.41) is 11.4. The van der Waals surface area contributed by atoms with Crippen molar-refractivity contribution in [2.75, 3.05) is 129 Å². The van der Waals surface area contributed by atoms with Crippen LogP contribution in [0, 0.1) is 35.4 Å². The number of likely N-dealkylation sites (N-methyl/N-ethyl adjacent to an activating group) is 1. The molecule has 3 N–H and O–H groups in total. The lowest BCUT2D eigenvalue weighted by Gasteiger charge is -2.52. The van der Waals surface area contributed by atoms with Gasteiger partial charge in [0.25, 0.3) is 0 Å². The van der Waals surface area contributed by atoms with Crippen LogP contribution in [0.5, 0.6) is 0 Å². The first-order chi connectivity index (χ1) is 43.1. The Morgan fingerprint density at radius 1 is 0.833 bits per heavy atom. The highest BCUT2D eigenvalue weighted by molar-refractivity contribution is 5.80. The molecule has 9 rings (SSSR count). The molecule has 6 aliphatic rings. The molecule has 0 saturated carbocycles. The molecule has 6 fully saturated rings. The molecule has 6 heterocycles. The molecular formula is C75H119FN10O4. The van der Waals surface area contributed by atoms with E-state index in [0.29, 0.717) is 44.1 Å². The van der Waals surface area contributed by atoms with Crippen molar-refractivity contribution in [2.24, 2.45) is 22.7 Å². The number of nitrogens with zero attached hydrogens (tertiary/aromatic N) is 7. The number of ether oxygens (including phenoxy) is 2. The lowest BCUT2D eigenvalue weighted by Crippen LogP contribution is -2.66. The second kappa shape index (κ2) is 31.7. The Balaban J connectivity index is 0.749. The largest absolute Gasteiger partial charge is 0.376 e.